The number of hydrogen-bond donors (Lipinski definition) is 2. The summed E-state index contributed by atoms with van der Waals surface area (Å²) in [5.41, 5.74) is 5.09. The van der Waals surface area contributed by atoms with Gasteiger partial charge in [0.25, 0.3) is 17.7 Å². The van der Waals surface area contributed by atoms with E-state index in [1.54, 1.807) is 36.4 Å². The zero-order valence-electron chi connectivity index (χ0n) is 19.0. The van der Waals surface area contributed by atoms with Crippen molar-refractivity contribution in [3.63, 3.8) is 0 Å². The summed E-state index contributed by atoms with van der Waals surface area (Å²) in [6, 6.07) is 19.2. The number of ether oxygens (including phenoxy) is 2. The van der Waals surface area contributed by atoms with Crippen LogP contribution in [0.25, 0.3) is 6.08 Å². The predicted octanol–water partition coefficient (Wildman–Crippen LogP) is 4.14. The number of hydrogen-bond acceptors (Lipinski definition) is 5. The molecule has 1 fully saturated rings. The van der Waals surface area contributed by atoms with Gasteiger partial charge < -0.3 is 14.8 Å². The highest BCUT2D eigenvalue weighted by molar-refractivity contribution is 6.33. The average Bonchev–Trinajstić information content (AvgIpc) is 3.13. The number of amides is 3. The van der Waals surface area contributed by atoms with Crippen molar-refractivity contribution < 1.29 is 23.9 Å². The molecule has 8 nitrogen and oxygen atoms in total. The molecule has 0 atom stereocenters. The highest BCUT2D eigenvalue weighted by Crippen LogP contribution is 2.37. The third-order valence-corrected chi connectivity index (χ3v) is 5.52. The van der Waals surface area contributed by atoms with E-state index in [4.69, 9.17) is 21.1 Å². The lowest BCUT2D eigenvalue weighted by Crippen LogP contribution is -2.35. The molecule has 4 rings (SSSR count). The molecular weight excluding hydrogens is 470 g/mol. The zero-order chi connectivity index (χ0) is 24.9. The summed E-state index contributed by atoms with van der Waals surface area (Å²) in [6.45, 7) is 1.59. The normalized spacial score (nSPS) is 14.1. The largest absolute Gasteiger partial charge is 0.493 e. The molecule has 0 spiro atoms. The summed E-state index contributed by atoms with van der Waals surface area (Å²) >= 11 is 6.40. The second kappa shape index (κ2) is 10.3. The molecule has 35 heavy (non-hydrogen) atoms. The molecule has 1 heterocycles. The lowest BCUT2D eigenvalue weighted by molar-refractivity contribution is -0.118. The maximum Gasteiger partial charge on any atom is 0.282 e. The monoisotopic (exact) mass is 491 g/mol. The van der Waals surface area contributed by atoms with Crippen LogP contribution in [0.4, 0.5) is 11.4 Å². The Hall–Kier alpha value is -4.30. The van der Waals surface area contributed by atoms with E-state index >= 15 is 0 Å². The van der Waals surface area contributed by atoms with Crippen molar-refractivity contribution >= 4 is 46.8 Å². The summed E-state index contributed by atoms with van der Waals surface area (Å²) in [6.07, 6.45) is 1.42. The molecule has 0 aromatic heterocycles. The second-order valence-electron chi connectivity index (χ2n) is 7.66. The van der Waals surface area contributed by atoms with Gasteiger partial charge in [-0.2, -0.15) is 0 Å². The maximum absolute atomic E-state index is 12.8. The molecule has 178 valence electrons. The van der Waals surface area contributed by atoms with E-state index in [0.29, 0.717) is 16.9 Å². The highest BCUT2D eigenvalue weighted by Gasteiger charge is 2.34. The van der Waals surface area contributed by atoms with E-state index in [1.807, 2.05) is 31.2 Å². The van der Waals surface area contributed by atoms with Crippen LogP contribution in [0.1, 0.15) is 11.1 Å². The van der Waals surface area contributed by atoms with Crippen molar-refractivity contribution in [1.29, 1.82) is 0 Å². The van der Waals surface area contributed by atoms with Gasteiger partial charge in [0.1, 0.15) is 5.57 Å². The number of anilines is 2. The Morgan fingerprint density at radius 1 is 1.09 bits per heavy atom. The van der Waals surface area contributed by atoms with Gasteiger partial charge in [-0.1, -0.05) is 48.0 Å². The molecule has 0 saturated carbocycles. The van der Waals surface area contributed by atoms with Gasteiger partial charge in [0.15, 0.2) is 18.1 Å². The van der Waals surface area contributed by atoms with Gasteiger partial charge in [-0.05, 0) is 54.5 Å². The van der Waals surface area contributed by atoms with Crippen molar-refractivity contribution in [2.75, 3.05) is 24.0 Å². The molecule has 3 aromatic carbocycles. The Labute approximate surface area is 207 Å². The van der Waals surface area contributed by atoms with Gasteiger partial charge >= 0.3 is 0 Å². The summed E-state index contributed by atoms with van der Waals surface area (Å²) in [5, 5.41) is 4.12. The van der Waals surface area contributed by atoms with Gasteiger partial charge in [-0.25, -0.2) is 5.01 Å². The van der Waals surface area contributed by atoms with Crippen LogP contribution >= 0.6 is 11.6 Å². The lowest BCUT2D eigenvalue weighted by Gasteiger charge is -2.14. The molecule has 0 aliphatic carbocycles. The third kappa shape index (κ3) is 5.28. The number of benzene rings is 3. The van der Waals surface area contributed by atoms with Crippen LogP contribution in [0, 0.1) is 6.92 Å². The fraction of sp³-hybridized carbons (Fsp3) is 0.115. The first-order valence-electron chi connectivity index (χ1n) is 10.7. The predicted molar refractivity (Wildman–Crippen MR) is 133 cm³/mol. The van der Waals surface area contributed by atoms with E-state index in [9.17, 15) is 14.4 Å². The molecule has 1 saturated heterocycles. The number of rotatable bonds is 7. The van der Waals surface area contributed by atoms with Crippen LogP contribution in [0.5, 0.6) is 11.5 Å². The Balaban J connectivity index is 1.51. The number of carbonyl (C=O) groups excluding carboxylic acids is 3. The van der Waals surface area contributed by atoms with Crippen LogP contribution in [0.2, 0.25) is 5.02 Å². The van der Waals surface area contributed by atoms with Gasteiger partial charge in [0, 0.05) is 5.69 Å². The minimum atomic E-state index is -0.540. The first kappa shape index (κ1) is 23.8. The van der Waals surface area contributed by atoms with E-state index in [0.717, 1.165) is 5.56 Å². The third-order valence-electron chi connectivity index (χ3n) is 5.24. The summed E-state index contributed by atoms with van der Waals surface area (Å²) in [4.78, 5) is 37.6. The number of halogens is 1. The number of nitrogens with one attached hydrogen (secondary N) is 2. The van der Waals surface area contributed by atoms with E-state index in [-0.39, 0.29) is 34.6 Å². The number of aryl methyl sites for hydroxylation is 1. The topological polar surface area (TPSA) is 97.0 Å². The first-order chi connectivity index (χ1) is 16.9. The van der Waals surface area contributed by atoms with Crippen molar-refractivity contribution in [2.24, 2.45) is 0 Å². The van der Waals surface area contributed by atoms with Crippen molar-refractivity contribution in [3.8, 4) is 11.5 Å². The van der Waals surface area contributed by atoms with Crippen LogP contribution in [0.15, 0.2) is 72.3 Å². The lowest BCUT2D eigenvalue weighted by atomic mass is 10.1. The SMILES string of the molecule is COc1cc(/C=C2/C(=O)NN(c3ccccc3)C2=O)cc(Cl)c1OCC(=O)Nc1ccccc1C. The van der Waals surface area contributed by atoms with Gasteiger partial charge in [-0.3, -0.25) is 19.8 Å². The first-order valence-corrected chi connectivity index (χ1v) is 11.0. The van der Waals surface area contributed by atoms with Crippen LogP contribution in [-0.2, 0) is 14.4 Å². The average molecular weight is 492 g/mol. The van der Waals surface area contributed by atoms with Crippen molar-refractivity contribution in [1.82, 2.24) is 5.43 Å². The summed E-state index contributed by atoms with van der Waals surface area (Å²) in [7, 11) is 1.42. The smallest absolute Gasteiger partial charge is 0.282 e. The van der Waals surface area contributed by atoms with Crippen LogP contribution in [0.3, 0.4) is 0 Å². The Morgan fingerprint density at radius 3 is 2.51 bits per heavy atom. The van der Waals surface area contributed by atoms with Crippen LogP contribution < -0.4 is 25.2 Å². The van der Waals surface area contributed by atoms with E-state index in [1.165, 1.54) is 24.3 Å². The van der Waals surface area contributed by atoms with Crippen molar-refractivity contribution in [2.45, 2.75) is 6.92 Å². The van der Waals surface area contributed by atoms with E-state index in [2.05, 4.69) is 10.7 Å². The number of nitrogens with zero attached hydrogens (tertiary/aromatic N) is 1. The summed E-state index contributed by atoms with van der Waals surface area (Å²) < 4.78 is 11.0. The number of methoxy groups -OCH3 is 1. The number of hydrazine groups is 1. The fourth-order valence-electron chi connectivity index (χ4n) is 3.48. The molecule has 2 N–H and O–H groups in total. The Kier molecular flexibility index (Phi) is 7.03. The van der Waals surface area contributed by atoms with Crippen molar-refractivity contribution in [3.05, 3.63) is 88.5 Å². The van der Waals surface area contributed by atoms with Gasteiger partial charge in [0.05, 0.1) is 17.8 Å². The number of carbonyl (C=O) groups is 3. The Bertz CT molecular complexity index is 1320. The summed E-state index contributed by atoms with van der Waals surface area (Å²) in [5.74, 6) is -0.979. The molecule has 0 unspecified atom stereocenters. The molecule has 0 bridgehead atoms. The molecule has 3 amide bonds. The van der Waals surface area contributed by atoms with Crippen LogP contribution in [-0.4, -0.2) is 31.4 Å². The quantitative estimate of drug-likeness (QED) is 0.382. The fourth-order valence-corrected chi connectivity index (χ4v) is 3.76. The molecule has 9 heteroatoms. The standard InChI is InChI=1S/C26H22ClN3O5/c1-16-8-6-7-11-21(16)28-23(31)15-35-24-20(27)13-17(14-22(24)34-2)12-19-25(32)29-30(26(19)33)18-9-4-3-5-10-18/h3-14H,15H2,1-2H3,(H,28,31)(H,29,32)/b19-12-. The molecule has 1 aliphatic heterocycles. The maximum atomic E-state index is 12.8. The molecule has 0 radical (unpaired) electrons. The molecular formula is C26H22ClN3O5. The van der Waals surface area contributed by atoms with Gasteiger partial charge in [-0.15, -0.1) is 0 Å². The minimum Gasteiger partial charge on any atom is -0.493 e. The molecule has 1 aliphatic rings. The zero-order valence-corrected chi connectivity index (χ0v) is 19.8. The van der Waals surface area contributed by atoms with Gasteiger partial charge in [0.2, 0.25) is 0 Å². The molecule has 3 aromatic rings. The minimum absolute atomic E-state index is 0.0572. The highest BCUT2D eigenvalue weighted by atomic mass is 35.5. The second-order valence-corrected chi connectivity index (χ2v) is 8.07. The van der Waals surface area contributed by atoms with E-state index < -0.39 is 11.8 Å². The number of para-hydroxylation sites is 2. The Morgan fingerprint density at radius 2 is 1.80 bits per heavy atom.